The number of sulfonamides is 1. The van der Waals surface area contributed by atoms with Crippen molar-refractivity contribution in [1.29, 1.82) is 0 Å². The zero-order valence-electron chi connectivity index (χ0n) is 13.3. The predicted octanol–water partition coefficient (Wildman–Crippen LogP) is 2.12. The van der Waals surface area contributed by atoms with Crippen molar-refractivity contribution < 1.29 is 13.2 Å². The van der Waals surface area contributed by atoms with Crippen molar-refractivity contribution in [2.45, 2.75) is 43.4 Å². The Morgan fingerprint density at radius 2 is 1.77 bits per heavy atom. The van der Waals surface area contributed by atoms with Crippen LogP contribution in [-0.2, 0) is 20.2 Å². The van der Waals surface area contributed by atoms with Gasteiger partial charge in [0.25, 0.3) is 0 Å². The van der Waals surface area contributed by atoms with Gasteiger partial charge in [-0.05, 0) is 36.6 Å². The largest absolute Gasteiger partial charge is 0.315 e. The van der Waals surface area contributed by atoms with Crippen molar-refractivity contribution in [2.75, 3.05) is 25.0 Å². The topological polar surface area (TPSA) is 57.7 Å². The molecule has 120 valence electrons. The highest BCUT2D eigenvalue weighted by Crippen LogP contribution is 2.41. The summed E-state index contributed by atoms with van der Waals surface area (Å²) >= 11 is 0. The third kappa shape index (κ3) is 2.34. The van der Waals surface area contributed by atoms with Crippen LogP contribution in [0.5, 0.6) is 0 Å². The number of carbonyl (C=O) groups is 1. The maximum absolute atomic E-state index is 12.7. The van der Waals surface area contributed by atoms with Crippen LogP contribution in [0.2, 0.25) is 0 Å². The van der Waals surface area contributed by atoms with E-state index in [1.54, 1.807) is 34.5 Å². The molecule has 0 aromatic heterocycles. The second-order valence-corrected chi connectivity index (χ2v) is 8.74. The van der Waals surface area contributed by atoms with E-state index in [2.05, 4.69) is 0 Å². The molecule has 6 heteroatoms. The lowest BCUT2D eigenvalue weighted by molar-refractivity contribution is -0.119. The Labute approximate surface area is 132 Å². The quantitative estimate of drug-likeness (QED) is 0.838. The van der Waals surface area contributed by atoms with E-state index < -0.39 is 10.0 Å². The van der Waals surface area contributed by atoms with Crippen molar-refractivity contribution >= 4 is 21.6 Å². The van der Waals surface area contributed by atoms with Gasteiger partial charge in [0.15, 0.2) is 0 Å². The second-order valence-electron chi connectivity index (χ2n) is 6.80. The summed E-state index contributed by atoms with van der Waals surface area (Å²) in [4.78, 5) is 14.0. The molecule has 0 spiro atoms. The van der Waals surface area contributed by atoms with Crippen LogP contribution in [0.1, 0.15) is 38.7 Å². The molecule has 3 rings (SSSR count). The summed E-state index contributed by atoms with van der Waals surface area (Å²) in [5.41, 5.74) is 1.38. The Morgan fingerprint density at radius 1 is 1.14 bits per heavy atom. The van der Waals surface area contributed by atoms with Gasteiger partial charge in [0, 0.05) is 37.7 Å². The molecule has 0 unspecified atom stereocenters. The summed E-state index contributed by atoms with van der Waals surface area (Å²) < 4.78 is 27.0. The molecule has 0 atom stereocenters. The van der Waals surface area contributed by atoms with E-state index in [4.69, 9.17) is 0 Å². The Balaban J connectivity index is 2.09. The van der Waals surface area contributed by atoms with Crippen molar-refractivity contribution in [3.05, 3.63) is 23.8 Å². The molecule has 5 nitrogen and oxygen atoms in total. The van der Waals surface area contributed by atoms with Gasteiger partial charge in [0.1, 0.15) is 0 Å². The first-order chi connectivity index (χ1) is 10.2. The van der Waals surface area contributed by atoms with E-state index in [-0.39, 0.29) is 11.3 Å². The van der Waals surface area contributed by atoms with E-state index in [0.717, 1.165) is 24.1 Å². The van der Waals surface area contributed by atoms with Crippen LogP contribution in [0.25, 0.3) is 0 Å². The highest BCUT2D eigenvalue weighted by molar-refractivity contribution is 7.89. The summed E-state index contributed by atoms with van der Waals surface area (Å²) in [7, 11) is -1.68. The summed E-state index contributed by atoms with van der Waals surface area (Å²) in [5.74, 6) is 0.0626. The molecule has 2 aliphatic heterocycles. The third-order valence-electron chi connectivity index (χ3n) is 4.73. The van der Waals surface area contributed by atoms with Gasteiger partial charge in [-0.3, -0.25) is 4.79 Å². The van der Waals surface area contributed by atoms with Gasteiger partial charge >= 0.3 is 0 Å². The lowest BCUT2D eigenvalue weighted by atomic mass is 9.77. The molecule has 22 heavy (non-hydrogen) atoms. The minimum Gasteiger partial charge on any atom is -0.315 e. The zero-order chi connectivity index (χ0) is 16.1. The summed E-state index contributed by atoms with van der Waals surface area (Å²) in [6, 6.07) is 5.14. The first-order valence-electron chi connectivity index (χ1n) is 7.65. The molecule has 0 N–H and O–H groups in total. The van der Waals surface area contributed by atoms with Crippen LogP contribution in [0.15, 0.2) is 23.1 Å². The molecule has 2 aliphatic rings. The number of nitrogens with zero attached hydrogens (tertiary/aromatic N) is 2. The van der Waals surface area contributed by atoms with Gasteiger partial charge in [-0.2, -0.15) is 4.31 Å². The molecule has 1 fully saturated rings. The molecule has 0 saturated carbocycles. The Hall–Kier alpha value is -1.40. The van der Waals surface area contributed by atoms with E-state index in [1.807, 2.05) is 13.8 Å². The second kappa shape index (κ2) is 5.06. The first kappa shape index (κ1) is 15.5. The van der Waals surface area contributed by atoms with Crippen molar-refractivity contribution in [2.24, 2.45) is 0 Å². The maximum Gasteiger partial charge on any atom is 0.243 e. The smallest absolute Gasteiger partial charge is 0.243 e. The average Bonchev–Trinajstić information content (AvgIpc) is 2.99. The molecular formula is C16H22N2O3S. The number of rotatable bonds is 2. The van der Waals surface area contributed by atoms with Crippen molar-refractivity contribution in [3.63, 3.8) is 0 Å². The number of amides is 1. The van der Waals surface area contributed by atoms with Crippen molar-refractivity contribution in [1.82, 2.24) is 4.31 Å². The van der Waals surface area contributed by atoms with Gasteiger partial charge in [0.2, 0.25) is 15.9 Å². The van der Waals surface area contributed by atoms with E-state index in [9.17, 15) is 13.2 Å². The van der Waals surface area contributed by atoms with Gasteiger partial charge in [-0.1, -0.05) is 13.8 Å². The molecule has 1 aromatic rings. The molecule has 2 heterocycles. The molecule has 1 saturated heterocycles. The van der Waals surface area contributed by atoms with Gasteiger partial charge in [-0.25, -0.2) is 8.42 Å². The van der Waals surface area contributed by atoms with Crippen LogP contribution in [0, 0.1) is 0 Å². The fraction of sp³-hybridized carbons (Fsp3) is 0.562. The van der Waals surface area contributed by atoms with Crippen LogP contribution in [-0.4, -0.2) is 38.8 Å². The minimum absolute atomic E-state index is 0.0626. The average molecular weight is 322 g/mol. The van der Waals surface area contributed by atoms with E-state index in [0.29, 0.717) is 24.4 Å². The van der Waals surface area contributed by atoms with Crippen LogP contribution in [0.3, 0.4) is 0 Å². The monoisotopic (exact) mass is 322 g/mol. The highest BCUT2D eigenvalue weighted by atomic mass is 32.2. The number of benzene rings is 1. The lowest BCUT2D eigenvalue weighted by Crippen LogP contribution is -2.39. The molecule has 1 amide bonds. The molecule has 0 aliphatic carbocycles. The van der Waals surface area contributed by atoms with Crippen LogP contribution < -0.4 is 4.90 Å². The number of hydrogen-bond acceptors (Lipinski definition) is 3. The Bertz CT molecular complexity index is 719. The normalized spacial score (nSPS) is 22.0. The predicted molar refractivity (Wildman–Crippen MR) is 85.5 cm³/mol. The fourth-order valence-corrected chi connectivity index (χ4v) is 4.86. The summed E-state index contributed by atoms with van der Waals surface area (Å²) in [6.07, 6.45) is 2.24. The Kier molecular flexibility index (Phi) is 3.57. The number of fused-ring (bicyclic) bond motifs is 1. The third-order valence-corrected chi connectivity index (χ3v) is 6.62. The summed E-state index contributed by atoms with van der Waals surface area (Å²) in [6.45, 7) is 5.17. The molecule has 0 radical (unpaired) electrons. The van der Waals surface area contributed by atoms with Gasteiger partial charge < -0.3 is 4.90 Å². The molecular weight excluding hydrogens is 300 g/mol. The fourth-order valence-electron chi connectivity index (χ4n) is 3.31. The van der Waals surface area contributed by atoms with Crippen LogP contribution in [0.4, 0.5) is 5.69 Å². The summed E-state index contributed by atoms with van der Waals surface area (Å²) in [5, 5.41) is 0. The van der Waals surface area contributed by atoms with Gasteiger partial charge in [0.05, 0.1) is 4.90 Å². The van der Waals surface area contributed by atoms with Crippen molar-refractivity contribution in [3.8, 4) is 0 Å². The highest BCUT2D eigenvalue weighted by Gasteiger charge is 2.37. The number of hydrogen-bond donors (Lipinski definition) is 0. The minimum atomic E-state index is -3.42. The molecule has 1 aromatic carbocycles. The lowest BCUT2D eigenvalue weighted by Gasteiger charge is -2.37. The van der Waals surface area contributed by atoms with E-state index in [1.165, 1.54) is 0 Å². The first-order valence-corrected chi connectivity index (χ1v) is 9.09. The Morgan fingerprint density at radius 3 is 2.41 bits per heavy atom. The van der Waals surface area contributed by atoms with Gasteiger partial charge in [-0.15, -0.1) is 0 Å². The zero-order valence-corrected chi connectivity index (χ0v) is 14.1. The molecule has 0 bridgehead atoms. The number of carbonyl (C=O) groups excluding carboxylic acids is 1. The standard InChI is InChI=1S/C16H22N2O3S/c1-16(2)11-15(19)17(3)14-7-6-12(10-13(14)16)22(20,21)18-8-4-5-9-18/h6-7,10H,4-5,8-9,11H2,1-3H3. The van der Waals surface area contributed by atoms with E-state index >= 15 is 0 Å². The van der Waals surface area contributed by atoms with Crippen LogP contribution >= 0.6 is 0 Å². The SMILES string of the molecule is CN1C(=O)CC(C)(C)c2cc(S(=O)(=O)N3CCCC3)ccc21. The maximum atomic E-state index is 12.7. The number of anilines is 1.